The van der Waals surface area contributed by atoms with Gasteiger partial charge in [-0.1, -0.05) is 0 Å². The maximum atomic E-state index is 12.5. The van der Waals surface area contributed by atoms with Gasteiger partial charge in [-0.2, -0.15) is 9.57 Å². The van der Waals surface area contributed by atoms with Crippen molar-refractivity contribution in [2.24, 2.45) is 0 Å². The fourth-order valence-electron chi connectivity index (χ4n) is 1.97. The van der Waals surface area contributed by atoms with Crippen molar-refractivity contribution in [2.45, 2.75) is 24.0 Å². The van der Waals surface area contributed by atoms with Crippen molar-refractivity contribution in [3.8, 4) is 6.07 Å². The molecule has 0 bridgehead atoms. The molecule has 1 fully saturated rings. The molecule has 1 aromatic heterocycles. The van der Waals surface area contributed by atoms with Crippen LogP contribution in [0.15, 0.2) is 23.2 Å². The van der Waals surface area contributed by atoms with E-state index in [9.17, 15) is 8.42 Å². The highest BCUT2D eigenvalue weighted by atomic mass is 32.2. The molecule has 0 spiro atoms. The van der Waals surface area contributed by atoms with Crippen LogP contribution in [0.5, 0.6) is 0 Å². The summed E-state index contributed by atoms with van der Waals surface area (Å²) in [6.07, 6.45) is 0.650. The van der Waals surface area contributed by atoms with Crippen molar-refractivity contribution in [3.05, 3.63) is 24.0 Å². The van der Waals surface area contributed by atoms with Gasteiger partial charge >= 0.3 is 0 Å². The number of pyridine rings is 1. The highest BCUT2D eigenvalue weighted by Gasteiger charge is 2.35. The van der Waals surface area contributed by atoms with Crippen LogP contribution < -0.4 is 0 Å². The lowest BCUT2D eigenvalue weighted by Crippen LogP contribution is -2.51. The number of aliphatic hydroxyl groups is 1. The van der Waals surface area contributed by atoms with E-state index >= 15 is 0 Å². The number of ether oxygens (including phenoxy) is 1. The van der Waals surface area contributed by atoms with Crippen LogP contribution in [0.3, 0.4) is 0 Å². The van der Waals surface area contributed by atoms with Crippen molar-refractivity contribution in [3.63, 3.8) is 0 Å². The molecular formula is C12H15N3O4S. The summed E-state index contributed by atoms with van der Waals surface area (Å²) in [5, 5.41) is 17.8. The Hall–Kier alpha value is -1.53. The fraction of sp³-hybridized carbons (Fsp3) is 0.500. The highest BCUT2D eigenvalue weighted by Crippen LogP contribution is 2.22. The number of nitriles is 1. The van der Waals surface area contributed by atoms with Gasteiger partial charge in [0, 0.05) is 18.8 Å². The van der Waals surface area contributed by atoms with E-state index < -0.39 is 16.1 Å². The van der Waals surface area contributed by atoms with Gasteiger partial charge in [-0.15, -0.1) is 0 Å². The smallest absolute Gasteiger partial charge is 0.245 e. The Labute approximate surface area is 117 Å². The van der Waals surface area contributed by atoms with Gasteiger partial charge in [0.2, 0.25) is 10.0 Å². The Bertz CT molecular complexity index is 609. The Morgan fingerprint density at radius 3 is 2.90 bits per heavy atom. The van der Waals surface area contributed by atoms with Gasteiger partial charge in [0.05, 0.1) is 19.3 Å². The van der Waals surface area contributed by atoms with E-state index in [-0.39, 0.29) is 36.4 Å². The largest absolute Gasteiger partial charge is 0.394 e. The molecule has 0 aromatic carbocycles. The normalized spacial score (nSPS) is 24.2. The number of rotatable bonds is 3. The Morgan fingerprint density at radius 1 is 1.60 bits per heavy atom. The van der Waals surface area contributed by atoms with Gasteiger partial charge in [0.15, 0.2) is 0 Å². The van der Waals surface area contributed by atoms with E-state index in [1.165, 1.54) is 22.6 Å². The first-order valence-corrected chi connectivity index (χ1v) is 7.53. The second-order valence-electron chi connectivity index (χ2n) is 4.55. The van der Waals surface area contributed by atoms with Crippen LogP contribution in [-0.4, -0.2) is 54.7 Å². The molecular weight excluding hydrogens is 282 g/mol. The summed E-state index contributed by atoms with van der Waals surface area (Å²) in [4.78, 5) is 3.80. The quantitative estimate of drug-likeness (QED) is 0.823. The fourth-order valence-corrected chi connectivity index (χ4v) is 3.57. The maximum absolute atomic E-state index is 12.5. The predicted molar refractivity (Wildman–Crippen MR) is 69.1 cm³/mol. The summed E-state index contributed by atoms with van der Waals surface area (Å²) in [5.74, 6) is 0. The topological polar surface area (TPSA) is 104 Å². The first-order valence-electron chi connectivity index (χ1n) is 6.09. The molecule has 2 atom stereocenters. The van der Waals surface area contributed by atoms with E-state index in [2.05, 4.69) is 4.98 Å². The molecule has 2 rings (SSSR count). The van der Waals surface area contributed by atoms with Crippen molar-refractivity contribution < 1.29 is 18.3 Å². The minimum Gasteiger partial charge on any atom is -0.394 e. The van der Waals surface area contributed by atoms with Gasteiger partial charge < -0.3 is 9.84 Å². The molecule has 0 saturated carbocycles. The van der Waals surface area contributed by atoms with Crippen molar-refractivity contribution in [2.75, 3.05) is 19.8 Å². The summed E-state index contributed by atoms with van der Waals surface area (Å²) in [7, 11) is -3.71. The number of sulfonamides is 1. The van der Waals surface area contributed by atoms with Crippen molar-refractivity contribution >= 4 is 10.0 Å². The lowest BCUT2D eigenvalue weighted by atomic mass is 10.2. The molecule has 1 aromatic rings. The molecule has 20 heavy (non-hydrogen) atoms. The summed E-state index contributed by atoms with van der Waals surface area (Å²) in [5.41, 5.74) is 0.159. The van der Waals surface area contributed by atoms with Gasteiger partial charge in [0.1, 0.15) is 16.7 Å². The summed E-state index contributed by atoms with van der Waals surface area (Å²) >= 11 is 0. The minimum absolute atomic E-state index is 0.0296. The molecule has 2 unspecified atom stereocenters. The first kappa shape index (κ1) is 14.9. The molecule has 7 nitrogen and oxygen atoms in total. The average molecular weight is 297 g/mol. The van der Waals surface area contributed by atoms with Crippen LogP contribution in [0.2, 0.25) is 0 Å². The minimum atomic E-state index is -3.71. The van der Waals surface area contributed by atoms with E-state index in [0.29, 0.717) is 0 Å². The molecule has 2 heterocycles. The molecule has 1 N–H and O–H groups in total. The third-order valence-corrected chi connectivity index (χ3v) is 5.07. The van der Waals surface area contributed by atoms with Crippen LogP contribution in [0.1, 0.15) is 12.6 Å². The lowest BCUT2D eigenvalue weighted by molar-refractivity contribution is -0.0516. The molecule has 1 saturated heterocycles. The number of nitrogens with zero attached hydrogens (tertiary/aromatic N) is 3. The third-order valence-electron chi connectivity index (χ3n) is 3.11. The maximum Gasteiger partial charge on any atom is 0.245 e. The Balaban J connectivity index is 2.30. The number of aliphatic hydroxyl groups excluding tert-OH is 1. The third kappa shape index (κ3) is 2.81. The molecule has 0 amide bonds. The first-order chi connectivity index (χ1) is 9.48. The van der Waals surface area contributed by atoms with E-state index in [1.54, 1.807) is 6.92 Å². The summed E-state index contributed by atoms with van der Waals surface area (Å²) < 4.78 is 31.7. The zero-order chi connectivity index (χ0) is 14.8. The van der Waals surface area contributed by atoms with Crippen LogP contribution >= 0.6 is 0 Å². The van der Waals surface area contributed by atoms with Crippen LogP contribution in [0, 0.1) is 11.3 Å². The highest BCUT2D eigenvalue weighted by molar-refractivity contribution is 7.89. The number of morpholine rings is 1. The van der Waals surface area contributed by atoms with Gasteiger partial charge in [-0.3, -0.25) is 0 Å². The second kappa shape index (κ2) is 5.85. The van der Waals surface area contributed by atoms with Crippen molar-refractivity contribution in [1.82, 2.24) is 9.29 Å². The van der Waals surface area contributed by atoms with Gasteiger partial charge in [0.25, 0.3) is 0 Å². The van der Waals surface area contributed by atoms with Gasteiger partial charge in [-0.05, 0) is 19.1 Å². The second-order valence-corrected chi connectivity index (χ2v) is 6.44. The molecule has 8 heteroatoms. The van der Waals surface area contributed by atoms with Crippen LogP contribution in [0.25, 0.3) is 0 Å². The monoisotopic (exact) mass is 297 g/mol. The van der Waals surface area contributed by atoms with E-state index in [0.717, 1.165) is 0 Å². The van der Waals surface area contributed by atoms with Gasteiger partial charge in [-0.25, -0.2) is 13.4 Å². The zero-order valence-corrected chi connectivity index (χ0v) is 11.7. The Morgan fingerprint density at radius 2 is 2.35 bits per heavy atom. The zero-order valence-electron chi connectivity index (χ0n) is 10.9. The van der Waals surface area contributed by atoms with E-state index in [1.807, 2.05) is 6.07 Å². The molecule has 0 radical (unpaired) electrons. The number of hydrogen-bond acceptors (Lipinski definition) is 6. The summed E-state index contributed by atoms with van der Waals surface area (Å²) in [6, 6.07) is 4.24. The molecule has 0 aliphatic carbocycles. The standard InChI is InChI=1S/C12H15N3O4S/c1-9-8-19-11(7-16)6-15(9)20(17,18)12-3-2-10(4-13)14-5-12/h2-3,5,9,11,16H,6-8H2,1H3. The summed E-state index contributed by atoms with van der Waals surface area (Å²) in [6.45, 7) is 1.83. The molecule has 108 valence electrons. The average Bonchev–Trinajstić information content (AvgIpc) is 2.47. The molecule has 1 aliphatic heterocycles. The SMILES string of the molecule is CC1COC(CO)CN1S(=O)(=O)c1ccc(C#N)nc1. The number of aromatic nitrogens is 1. The predicted octanol–water partition coefficient (Wildman–Crippen LogP) is -0.276. The Kier molecular flexibility index (Phi) is 4.35. The van der Waals surface area contributed by atoms with Crippen LogP contribution in [0.4, 0.5) is 0 Å². The molecule has 1 aliphatic rings. The van der Waals surface area contributed by atoms with E-state index in [4.69, 9.17) is 15.1 Å². The van der Waals surface area contributed by atoms with Crippen molar-refractivity contribution in [1.29, 1.82) is 5.26 Å². The van der Waals surface area contributed by atoms with Crippen LogP contribution in [-0.2, 0) is 14.8 Å². The number of hydrogen-bond donors (Lipinski definition) is 1. The lowest BCUT2D eigenvalue weighted by Gasteiger charge is -2.36.